The maximum atomic E-state index is 13.6. The molecule has 0 amide bonds. The molecule has 4 aromatic rings. The van der Waals surface area contributed by atoms with Crippen LogP contribution in [0.4, 0.5) is 0 Å². The number of pyridine rings is 1. The van der Waals surface area contributed by atoms with Crippen molar-refractivity contribution in [3.8, 4) is 11.1 Å². The third-order valence-electron chi connectivity index (χ3n) is 7.49. The van der Waals surface area contributed by atoms with Crippen molar-refractivity contribution in [2.24, 2.45) is 18.9 Å². The van der Waals surface area contributed by atoms with Gasteiger partial charge in [-0.1, -0.05) is 24.3 Å². The Bertz CT molecular complexity index is 1530. The lowest BCUT2D eigenvalue weighted by Crippen LogP contribution is -2.36. The van der Waals surface area contributed by atoms with E-state index in [0.29, 0.717) is 23.5 Å². The molecule has 180 valence electrons. The smallest absolute Gasteiger partial charge is 0.269 e. The maximum Gasteiger partial charge on any atom is 0.269 e. The SMILES string of the molecule is CNC1C[C@H]2C=C(c3cnc4c(c3)c(-c3cnn(C)c3)cn4S(=O)(=O)c3ccccc3)C[C@H](C1)C2. The predicted octanol–water partition coefficient (Wildman–Crippen LogP) is 4.47. The van der Waals surface area contributed by atoms with Gasteiger partial charge in [0.1, 0.15) is 0 Å². The number of rotatable bonds is 5. The standard InChI is InChI=1S/C27H29N5O2S/c1-28-23-11-18-8-19(12-23)10-20(9-18)21-13-25-26(22-15-30-31(2)16-22)17-32(27(25)29-14-21)35(33,34)24-6-4-3-5-7-24/h3-7,9,13-19,23,28H,8,10-12H2,1-2H3/t18-,19-,23?/m1/s1. The first kappa shape index (κ1) is 22.2. The lowest BCUT2D eigenvalue weighted by molar-refractivity contribution is 0.244. The van der Waals surface area contributed by atoms with Crippen molar-refractivity contribution >= 4 is 26.6 Å². The van der Waals surface area contributed by atoms with Gasteiger partial charge < -0.3 is 5.32 Å². The number of aromatic nitrogens is 4. The van der Waals surface area contributed by atoms with Gasteiger partial charge in [-0.3, -0.25) is 4.68 Å². The Kier molecular flexibility index (Phi) is 5.38. The highest BCUT2D eigenvalue weighted by Gasteiger charge is 2.32. The van der Waals surface area contributed by atoms with E-state index in [4.69, 9.17) is 4.98 Å². The summed E-state index contributed by atoms with van der Waals surface area (Å²) in [5.41, 5.74) is 4.52. The summed E-state index contributed by atoms with van der Waals surface area (Å²) >= 11 is 0. The zero-order chi connectivity index (χ0) is 24.2. The second-order valence-corrected chi connectivity index (χ2v) is 11.7. The molecule has 6 rings (SSSR count). The van der Waals surface area contributed by atoms with E-state index in [1.54, 1.807) is 41.3 Å². The molecule has 3 atom stereocenters. The normalized spacial score (nSPS) is 22.3. The van der Waals surface area contributed by atoms with Crippen LogP contribution in [-0.2, 0) is 17.1 Å². The zero-order valence-electron chi connectivity index (χ0n) is 19.9. The van der Waals surface area contributed by atoms with E-state index in [0.717, 1.165) is 28.5 Å². The molecule has 3 heterocycles. The molecule has 1 saturated carbocycles. The van der Waals surface area contributed by atoms with Crippen molar-refractivity contribution in [1.29, 1.82) is 0 Å². The fraction of sp³-hybridized carbons (Fsp3) is 0.333. The summed E-state index contributed by atoms with van der Waals surface area (Å²) in [6.45, 7) is 0. The Labute approximate surface area is 205 Å². The molecule has 8 heteroatoms. The molecule has 0 radical (unpaired) electrons. The summed E-state index contributed by atoms with van der Waals surface area (Å²) in [7, 11) is 0.116. The Morgan fingerprint density at radius 1 is 1.03 bits per heavy atom. The van der Waals surface area contributed by atoms with Crippen LogP contribution in [0, 0.1) is 11.8 Å². The molecule has 0 spiro atoms. The Balaban J connectivity index is 1.50. The van der Waals surface area contributed by atoms with Crippen molar-refractivity contribution < 1.29 is 8.42 Å². The van der Waals surface area contributed by atoms with E-state index in [2.05, 4.69) is 29.6 Å². The third kappa shape index (κ3) is 3.90. The number of benzene rings is 1. The van der Waals surface area contributed by atoms with Gasteiger partial charge >= 0.3 is 0 Å². The number of nitrogens with zero attached hydrogens (tertiary/aromatic N) is 4. The van der Waals surface area contributed by atoms with Gasteiger partial charge in [0.25, 0.3) is 10.0 Å². The number of aryl methyl sites for hydroxylation is 1. The third-order valence-corrected chi connectivity index (χ3v) is 9.16. The maximum absolute atomic E-state index is 13.6. The second kappa shape index (κ2) is 8.46. The molecule has 35 heavy (non-hydrogen) atoms. The lowest BCUT2D eigenvalue weighted by atomic mass is 9.70. The van der Waals surface area contributed by atoms with Crippen molar-refractivity contribution in [1.82, 2.24) is 24.1 Å². The van der Waals surface area contributed by atoms with E-state index in [9.17, 15) is 8.42 Å². The average molecular weight is 488 g/mol. The van der Waals surface area contributed by atoms with E-state index in [1.165, 1.54) is 28.8 Å². The lowest BCUT2D eigenvalue weighted by Gasteiger charge is -2.38. The average Bonchev–Trinajstić information content (AvgIpc) is 3.47. The van der Waals surface area contributed by atoms with Gasteiger partial charge in [0.05, 0.1) is 11.1 Å². The molecule has 3 aromatic heterocycles. The largest absolute Gasteiger partial charge is 0.317 e. The second-order valence-electron chi connectivity index (χ2n) is 9.87. The molecule has 2 bridgehead atoms. The summed E-state index contributed by atoms with van der Waals surface area (Å²) in [5.74, 6) is 1.24. The molecule has 1 unspecified atom stereocenters. The van der Waals surface area contributed by atoms with E-state index in [-0.39, 0.29) is 4.90 Å². The molecule has 1 N–H and O–H groups in total. The number of hydrogen-bond donors (Lipinski definition) is 1. The minimum Gasteiger partial charge on any atom is -0.317 e. The van der Waals surface area contributed by atoms with Crippen LogP contribution in [0.3, 0.4) is 0 Å². The molecule has 0 aliphatic heterocycles. The molecule has 0 saturated heterocycles. The summed E-state index contributed by atoms with van der Waals surface area (Å²) in [5, 5.41) is 8.59. The molecule has 1 aromatic carbocycles. The van der Waals surface area contributed by atoms with Crippen LogP contribution in [0.15, 0.2) is 72.2 Å². The first-order valence-corrected chi connectivity index (χ1v) is 13.6. The molecular weight excluding hydrogens is 458 g/mol. The molecule has 2 aliphatic rings. The monoisotopic (exact) mass is 487 g/mol. The highest BCUT2D eigenvalue weighted by atomic mass is 32.2. The minimum absolute atomic E-state index is 0.238. The summed E-state index contributed by atoms with van der Waals surface area (Å²) in [4.78, 5) is 4.97. The Morgan fingerprint density at radius 3 is 2.57 bits per heavy atom. The van der Waals surface area contributed by atoms with Crippen LogP contribution in [0.5, 0.6) is 0 Å². The van der Waals surface area contributed by atoms with E-state index in [1.807, 2.05) is 25.5 Å². The van der Waals surface area contributed by atoms with Crippen LogP contribution < -0.4 is 5.32 Å². The van der Waals surface area contributed by atoms with Crippen molar-refractivity contribution in [3.63, 3.8) is 0 Å². The molecule has 1 fully saturated rings. The highest BCUT2D eigenvalue weighted by molar-refractivity contribution is 7.90. The van der Waals surface area contributed by atoms with Gasteiger partial charge in [-0.25, -0.2) is 17.4 Å². The fourth-order valence-corrected chi connectivity index (χ4v) is 7.18. The number of allylic oxidation sites excluding steroid dienone is 2. The molecular formula is C27H29N5O2S. The first-order valence-electron chi connectivity index (χ1n) is 12.1. The van der Waals surface area contributed by atoms with Crippen LogP contribution in [0.2, 0.25) is 0 Å². The predicted molar refractivity (Wildman–Crippen MR) is 137 cm³/mol. The summed E-state index contributed by atoms with van der Waals surface area (Å²) in [6, 6.07) is 11.2. The number of nitrogens with one attached hydrogen (secondary N) is 1. The Morgan fingerprint density at radius 2 is 1.86 bits per heavy atom. The molecule has 7 nitrogen and oxygen atoms in total. The van der Waals surface area contributed by atoms with Crippen molar-refractivity contribution in [2.75, 3.05) is 7.05 Å². The Hall–Kier alpha value is -3.23. The van der Waals surface area contributed by atoms with Gasteiger partial charge in [-0.05, 0) is 73.9 Å². The zero-order valence-corrected chi connectivity index (χ0v) is 20.7. The number of hydrogen-bond acceptors (Lipinski definition) is 5. The van der Waals surface area contributed by atoms with Crippen LogP contribution >= 0.6 is 0 Å². The first-order chi connectivity index (χ1) is 16.9. The van der Waals surface area contributed by atoms with Crippen LogP contribution in [0.25, 0.3) is 27.7 Å². The quantitative estimate of drug-likeness (QED) is 0.449. The van der Waals surface area contributed by atoms with Gasteiger partial charge in [0, 0.05) is 48.2 Å². The van der Waals surface area contributed by atoms with E-state index < -0.39 is 10.0 Å². The molecule has 2 aliphatic carbocycles. The summed E-state index contributed by atoms with van der Waals surface area (Å²) < 4.78 is 30.2. The van der Waals surface area contributed by atoms with Gasteiger partial charge in [-0.15, -0.1) is 0 Å². The summed E-state index contributed by atoms with van der Waals surface area (Å²) in [6.07, 6.45) is 14.3. The number of fused-ring (bicyclic) bond motifs is 3. The minimum atomic E-state index is -3.80. The van der Waals surface area contributed by atoms with Crippen LogP contribution in [-0.4, -0.2) is 40.2 Å². The van der Waals surface area contributed by atoms with Gasteiger partial charge in [0.15, 0.2) is 5.65 Å². The van der Waals surface area contributed by atoms with Gasteiger partial charge in [0.2, 0.25) is 0 Å². The van der Waals surface area contributed by atoms with Crippen molar-refractivity contribution in [3.05, 3.63) is 72.8 Å². The fourth-order valence-electron chi connectivity index (χ4n) is 5.84. The van der Waals surface area contributed by atoms with Crippen LogP contribution in [0.1, 0.15) is 31.2 Å². The van der Waals surface area contributed by atoms with Gasteiger partial charge in [-0.2, -0.15) is 5.10 Å². The van der Waals surface area contributed by atoms with Crippen molar-refractivity contribution in [2.45, 2.75) is 36.6 Å². The van der Waals surface area contributed by atoms with E-state index >= 15 is 0 Å². The highest BCUT2D eigenvalue weighted by Crippen LogP contribution is 2.43. The topological polar surface area (TPSA) is 81.8 Å².